The van der Waals surface area contributed by atoms with Gasteiger partial charge in [0, 0.05) is 12.6 Å². The molecular formula is C14H21ClFN. The van der Waals surface area contributed by atoms with Crippen molar-refractivity contribution in [3.05, 3.63) is 35.6 Å². The molecule has 0 aliphatic heterocycles. The molecule has 1 aliphatic rings. The van der Waals surface area contributed by atoms with Crippen molar-refractivity contribution in [3.63, 3.8) is 0 Å². The van der Waals surface area contributed by atoms with Crippen LogP contribution in [0, 0.1) is 11.2 Å². The van der Waals surface area contributed by atoms with Crippen LogP contribution in [0.5, 0.6) is 0 Å². The van der Waals surface area contributed by atoms with Crippen LogP contribution in [-0.2, 0) is 0 Å². The molecule has 1 aromatic carbocycles. The fraction of sp³-hybridized carbons (Fsp3) is 0.571. The van der Waals surface area contributed by atoms with Gasteiger partial charge in [0.2, 0.25) is 0 Å². The summed E-state index contributed by atoms with van der Waals surface area (Å²) in [6, 6.07) is 7.09. The Kier molecular flexibility index (Phi) is 4.96. The molecule has 1 atom stereocenters. The molecule has 1 fully saturated rings. The predicted molar refractivity (Wildman–Crippen MR) is 72.0 cm³/mol. The number of hydrogen-bond acceptors (Lipinski definition) is 1. The lowest BCUT2D eigenvalue weighted by Gasteiger charge is -2.19. The molecule has 0 saturated heterocycles. The Morgan fingerprint density at radius 2 is 1.88 bits per heavy atom. The average molecular weight is 258 g/mol. The molecule has 0 bridgehead atoms. The van der Waals surface area contributed by atoms with Gasteiger partial charge in [-0.2, -0.15) is 0 Å². The van der Waals surface area contributed by atoms with Gasteiger partial charge in [0.15, 0.2) is 0 Å². The molecule has 1 aliphatic carbocycles. The maximum atomic E-state index is 12.8. The molecule has 0 spiro atoms. The van der Waals surface area contributed by atoms with E-state index < -0.39 is 0 Å². The second-order valence-corrected chi connectivity index (χ2v) is 5.01. The standard InChI is InChI=1S/C14H20FN.ClH/c1-3-14(8-9-14)10-16-11(2)12-4-6-13(15)7-5-12;/h4-7,11,16H,3,8-10H2,1-2H3;1H. The van der Waals surface area contributed by atoms with Crippen molar-refractivity contribution in [1.82, 2.24) is 5.32 Å². The van der Waals surface area contributed by atoms with E-state index in [0.717, 1.165) is 12.1 Å². The van der Waals surface area contributed by atoms with Gasteiger partial charge in [-0.1, -0.05) is 19.1 Å². The van der Waals surface area contributed by atoms with E-state index in [1.807, 2.05) is 12.1 Å². The highest BCUT2D eigenvalue weighted by molar-refractivity contribution is 5.85. The van der Waals surface area contributed by atoms with Gasteiger partial charge < -0.3 is 5.32 Å². The summed E-state index contributed by atoms with van der Waals surface area (Å²) in [7, 11) is 0. The third-order valence-electron chi connectivity index (χ3n) is 3.86. The van der Waals surface area contributed by atoms with E-state index in [4.69, 9.17) is 0 Å². The zero-order valence-corrected chi connectivity index (χ0v) is 11.3. The first kappa shape index (κ1) is 14.5. The Balaban J connectivity index is 0.00000144. The minimum atomic E-state index is -0.164. The van der Waals surface area contributed by atoms with Gasteiger partial charge in [-0.15, -0.1) is 12.4 Å². The molecule has 1 aromatic rings. The number of halogens is 2. The van der Waals surface area contributed by atoms with E-state index in [9.17, 15) is 4.39 Å². The van der Waals surface area contributed by atoms with Gasteiger partial charge in [0.1, 0.15) is 5.82 Å². The maximum absolute atomic E-state index is 12.8. The van der Waals surface area contributed by atoms with Crippen LogP contribution in [0.15, 0.2) is 24.3 Å². The average Bonchev–Trinajstić information content (AvgIpc) is 3.08. The van der Waals surface area contributed by atoms with Crippen molar-refractivity contribution in [2.24, 2.45) is 5.41 Å². The molecule has 1 nitrogen and oxygen atoms in total. The van der Waals surface area contributed by atoms with Crippen molar-refractivity contribution in [2.75, 3.05) is 6.54 Å². The van der Waals surface area contributed by atoms with Crippen LogP contribution >= 0.6 is 12.4 Å². The summed E-state index contributed by atoms with van der Waals surface area (Å²) in [5.74, 6) is -0.164. The summed E-state index contributed by atoms with van der Waals surface area (Å²) in [5.41, 5.74) is 1.72. The fourth-order valence-corrected chi connectivity index (χ4v) is 2.07. The largest absolute Gasteiger partial charge is 0.310 e. The molecule has 1 N–H and O–H groups in total. The van der Waals surface area contributed by atoms with Gasteiger partial charge in [-0.25, -0.2) is 4.39 Å². The molecule has 0 radical (unpaired) electrons. The van der Waals surface area contributed by atoms with Crippen molar-refractivity contribution >= 4 is 12.4 Å². The smallest absolute Gasteiger partial charge is 0.123 e. The highest BCUT2D eigenvalue weighted by atomic mass is 35.5. The normalized spacial score (nSPS) is 18.3. The first-order valence-electron chi connectivity index (χ1n) is 6.14. The molecule has 0 aromatic heterocycles. The summed E-state index contributed by atoms with van der Waals surface area (Å²) < 4.78 is 12.8. The Morgan fingerprint density at radius 3 is 2.35 bits per heavy atom. The Bertz CT molecular complexity index is 346. The molecule has 0 amide bonds. The quantitative estimate of drug-likeness (QED) is 0.838. The van der Waals surface area contributed by atoms with Crippen LogP contribution in [-0.4, -0.2) is 6.54 Å². The van der Waals surface area contributed by atoms with E-state index in [1.54, 1.807) is 0 Å². The summed E-state index contributed by atoms with van der Waals surface area (Å²) in [6.07, 6.45) is 3.97. The molecule has 0 heterocycles. The van der Waals surface area contributed by atoms with Crippen molar-refractivity contribution in [1.29, 1.82) is 0 Å². The van der Waals surface area contributed by atoms with E-state index in [-0.39, 0.29) is 18.2 Å². The van der Waals surface area contributed by atoms with Crippen LogP contribution in [0.4, 0.5) is 4.39 Å². The van der Waals surface area contributed by atoms with Crippen LogP contribution in [0.25, 0.3) is 0 Å². The minimum absolute atomic E-state index is 0. The zero-order chi connectivity index (χ0) is 11.6. The van der Waals surface area contributed by atoms with Gasteiger partial charge in [0.05, 0.1) is 0 Å². The van der Waals surface area contributed by atoms with Crippen LogP contribution in [0.3, 0.4) is 0 Å². The van der Waals surface area contributed by atoms with Gasteiger partial charge >= 0.3 is 0 Å². The van der Waals surface area contributed by atoms with Gasteiger partial charge in [0.25, 0.3) is 0 Å². The Labute approximate surface area is 109 Å². The fourth-order valence-electron chi connectivity index (χ4n) is 2.07. The van der Waals surface area contributed by atoms with E-state index in [1.165, 1.54) is 31.4 Å². The summed E-state index contributed by atoms with van der Waals surface area (Å²) in [6.45, 7) is 5.48. The third-order valence-corrected chi connectivity index (χ3v) is 3.86. The molecule has 2 rings (SSSR count). The molecule has 1 unspecified atom stereocenters. The van der Waals surface area contributed by atoms with Crippen molar-refractivity contribution in [2.45, 2.75) is 39.2 Å². The topological polar surface area (TPSA) is 12.0 Å². The van der Waals surface area contributed by atoms with E-state index in [2.05, 4.69) is 19.2 Å². The SMILES string of the molecule is CCC1(CNC(C)c2ccc(F)cc2)CC1.Cl. The van der Waals surface area contributed by atoms with E-state index >= 15 is 0 Å². The lowest BCUT2D eigenvalue weighted by atomic mass is 10.0. The Hall–Kier alpha value is -0.600. The molecular weight excluding hydrogens is 237 g/mol. The molecule has 3 heteroatoms. The molecule has 96 valence electrons. The van der Waals surface area contributed by atoms with Crippen molar-refractivity contribution in [3.8, 4) is 0 Å². The summed E-state index contributed by atoms with van der Waals surface area (Å²) in [5, 5.41) is 3.55. The summed E-state index contributed by atoms with van der Waals surface area (Å²) in [4.78, 5) is 0. The minimum Gasteiger partial charge on any atom is -0.310 e. The number of rotatable bonds is 5. The van der Waals surface area contributed by atoms with Gasteiger partial charge in [-0.3, -0.25) is 0 Å². The summed E-state index contributed by atoms with van der Waals surface area (Å²) >= 11 is 0. The first-order valence-corrected chi connectivity index (χ1v) is 6.14. The Morgan fingerprint density at radius 1 is 1.29 bits per heavy atom. The lowest BCUT2D eigenvalue weighted by Crippen LogP contribution is -2.26. The van der Waals surface area contributed by atoms with Crippen LogP contribution in [0.1, 0.15) is 44.7 Å². The highest BCUT2D eigenvalue weighted by Crippen LogP contribution is 2.48. The monoisotopic (exact) mass is 257 g/mol. The van der Waals surface area contributed by atoms with E-state index in [0.29, 0.717) is 11.5 Å². The van der Waals surface area contributed by atoms with Crippen molar-refractivity contribution < 1.29 is 4.39 Å². The first-order chi connectivity index (χ1) is 7.65. The third kappa shape index (κ3) is 3.68. The predicted octanol–water partition coefficient (Wildman–Crippen LogP) is 4.09. The maximum Gasteiger partial charge on any atom is 0.123 e. The molecule has 1 saturated carbocycles. The van der Waals surface area contributed by atoms with Crippen LogP contribution < -0.4 is 5.32 Å². The number of hydrogen-bond donors (Lipinski definition) is 1. The molecule has 17 heavy (non-hydrogen) atoms. The van der Waals surface area contributed by atoms with Crippen LogP contribution in [0.2, 0.25) is 0 Å². The second kappa shape index (κ2) is 5.83. The highest BCUT2D eigenvalue weighted by Gasteiger charge is 2.40. The zero-order valence-electron chi connectivity index (χ0n) is 10.5. The lowest BCUT2D eigenvalue weighted by molar-refractivity contribution is 0.415. The second-order valence-electron chi connectivity index (χ2n) is 5.01. The number of nitrogens with one attached hydrogen (secondary N) is 1. The van der Waals surface area contributed by atoms with Gasteiger partial charge in [-0.05, 0) is 49.3 Å². The number of benzene rings is 1.